The zero-order valence-electron chi connectivity index (χ0n) is 9.92. The maximum atomic E-state index is 3.67. The van der Waals surface area contributed by atoms with E-state index in [1.165, 1.54) is 32.3 Å². The van der Waals surface area contributed by atoms with Gasteiger partial charge in [0.05, 0.1) is 0 Å². The summed E-state index contributed by atoms with van der Waals surface area (Å²) >= 11 is 5.62. The first-order valence-corrected chi connectivity index (χ1v) is 7.82. The van der Waals surface area contributed by atoms with Crippen LogP contribution in [0.15, 0.2) is 22.7 Å². The van der Waals surface area contributed by atoms with Gasteiger partial charge in [-0.25, -0.2) is 0 Å². The minimum Gasteiger partial charge on any atom is -0.312 e. The fraction of sp³-hybridized carbons (Fsp3) is 0.429. The molecule has 90 valence electrons. The smallest absolute Gasteiger partial charge is 0.0491 e. The second-order valence-corrected chi connectivity index (χ2v) is 6.57. The second-order valence-electron chi connectivity index (χ2n) is 4.61. The van der Waals surface area contributed by atoms with Crippen LogP contribution >= 0.6 is 27.3 Å². The van der Waals surface area contributed by atoms with Crippen LogP contribution in [0.3, 0.4) is 0 Å². The Morgan fingerprint density at radius 2 is 2.24 bits per heavy atom. The molecule has 0 saturated heterocycles. The summed E-state index contributed by atoms with van der Waals surface area (Å²) in [5.74, 6) is 0.826. The normalized spacial score (nSPS) is 15.6. The van der Waals surface area contributed by atoms with E-state index in [4.69, 9.17) is 0 Å². The maximum absolute atomic E-state index is 3.67. The molecular weight excluding hydrogens is 294 g/mol. The number of fused-ring (bicyclic) bond motifs is 1. The average Bonchev–Trinajstić information content (AvgIpc) is 3.09. The molecule has 0 amide bonds. The minimum absolute atomic E-state index is 0.826. The summed E-state index contributed by atoms with van der Waals surface area (Å²) in [4.78, 5) is 1.54. The molecule has 0 radical (unpaired) electrons. The SMILES string of the molecule is CCNCc1sc2c(Br)cccc2c1C1CC1. The number of thiophene rings is 1. The summed E-state index contributed by atoms with van der Waals surface area (Å²) in [6.45, 7) is 4.23. The van der Waals surface area contributed by atoms with Crippen molar-refractivity contribution in [1.82, 2.24) is 5.32 Å². The van der Waals surface area contributed by atoms with E-state index < -0.39 is 0 Å². The van der Waals surface area contributed by atoms with Crippen LogP contribution in [0.1, 0.15) is 36.1 Å². The molecular formula is C14H16BrNS. The van der Waals surface area contributed by atoms with Crippen molar-refractivity contribution >= 4 is 37.4 Å². The van der Waals surface area contributed by atoms with Crippen molar-refractivity contribution in [3.05, 3.63) is 33.1 Å². The number of benzene rings is 1. The number of nitrogens with one attached hydrogen (secondary N) is 1. The summed E-state index contributed by atoms with van der Waals surface area (Å²) in [5.41, 5.74) is 1.62. The number of rotatable bonds is 4. The van der Waals surface area contributed by atoms with E-state index in [1.54, 1.807) is 5.56 Å². The van der Waals surface area contributed by atoms with E-state index in [0.717, 1.165) is 19.0 Å². The molecule has 1 aromatic heterocycles. The molecule has 1 N–H and O–H groups in total. The van der Waals surface area contributed by atoms with Gasteiger partial charge in [0.15, 0.2) is 0 Å². The van der Waals surface area contributed by atoms with Crippen LogP contribution in [0, 0.1) is 0 Å². The van der Waals surface area contributed by atoms with Gasteiger partial charge < -0.3 is 5.32 Å². The summed E-state index contributed by atoms with van der Waals surface area (Å²) < 4.78 is 2.66. The van der Waals surface area contributed by atoms with E-state index in [1.807, 2.05) is 11.3 Å². The molecule has 3 rings (SSSR count). The van der Waals surface area contributed by atoms with Crippen LogP contribution < -0.4 is 5.32 Å². The lowest BCUT2D eigenvalue weighted by Gasteiger charge is -2.03. The zero-order valence-corrected chi connectivity index (χ0v) is 12.3. The summed E-state index contributed by atoms with van der Waals surface area (Å²) in [6, 6.07) is 6.58. The molecule has 17 heavy (non-hydrogen) atoms. The number of hydrogen-bond acceptors (Lipinski definition) is 2. The van der Waals surface area contributed by atoms with E-state index in [0.29, 0.717) is 0 Å². The van der Waals surface area contributed by atoms with Gasteiger partial charge in [-0.1, -0.05) is 19.1 Å². The van der Waals surface area contributed by atoms with Crippen molar-refractivity contribution in [3.63, 3.8) is 0 Å². The Labute approximate surface area is 114 Å². The fourth-order valence-electron chi connectivity index (χ4n) is 2.34. The number of hydrogen-bond donors (Lipinski definition) is 1. The van der Waals surface area contributed by atoms with Crippen LogP contribution in [0.2, 0.25) is 0 Å². The first-order valence-electron chi connectivity index (χ1n) is 6.21. The fourth-order valence-corrected chi connectivity index (χ4v) is 4.21. The summed E-state index contributed by atoms with van der Waals surface area (Å²) in [6.07, 6.45) is 2.74. The van der Waals surface area contributed by atoms with E-state index in [-0.39, 0.29) is 0 Å². The Hall–Kier alpha value is -0.380. The van der Waals surface area contributed by atoms with E-state index in [2.05, 4.69) is 46.4 Å². The zero-order chi connectivity index (χ0) is 11.8. The molecule has 1 fully saturated rings. The van der Waals surface area contributed by atoms with Crippen LogP contribution in [0.5, 0.6) is 0 Å². The molecule has 0 aliphatic heterocycles. The molecule has 3 heteroatoms. The Morgan fingerprint density at radius 1 is 1.41 bits per heavy atom. The van der Waals surface area contributed by atoms with Gasteiger partial charge in [0.2, 0.25) is 0 Å². The van der Waals surface area contributed by atoms with Gasteiger partial charge >= 0.3 is 0 Å². The highest BCUT2D eigenvalue weighted by atomic mass is 79.9. The van der Waals surface area contributed by atoms with Crippen molar-refractivity contribution in [2.75, 3.05) is 6.54 Å². The predicted octanol–water partition coefficient (Wildman–Crippen LogP) is 4.65. The van der Waals surface area contributed by atoms with Crippen molar-refractivity contribution in [1.29, 1.82) is 0 Å². The molecule has 1 saturated carbocycles. The highest BCUT2D eigenvalue weighted by molar-refractivity contribution is 9.10. The van der Waals surface area contributed by atoms with Gasteiger partial charge in [-0.2, -0.15) is 0 Å². The Bertz CT molecular complexity index is 542. The average molecular weight is 310 g/mol. The van der Waals surface area contributed by atoms with Crippen molar-refractivity contribution < 1.29 is 0 Å². The van der Waals surface area contributed by atoms with Crippen LogP contribution in [0.4, 0.5) is 0 Å². The lowest BCUT2D eigenvalue weighted by molar-refractivity contribution is 0.730. The quantitative estimate of drug-likeness (QED) is 0.866. The summed E-state index contributed by atoms with van der Waals surface area (Å²) in [5, 5.41) is 4.94. The molecule has 1 aliphatic carbocycles. The molecule has 2 aromatic rings. The van der Waals surface area contributed by atoms with Crippen LogP contribution in [-0.2, 0) is 6.54 Å². The van der Waals surface area contributed by atoms with Gasteiger partial charge in [-0.05, 0) is 58.3 Å². The molecule has 0 bridgehead atoms. The number of halogens is 1. The topological polar surface area (TPSA) is 12.0 Å². The molecule has 0 spiro atoms. The lowest BCUT2D eigenvalue weighted by atomic mass is 10.1. The predicted molar refractivity (Wildman–Crippen MR) is 78.9 cm³/mol. The molecule has 0 atom stereocenters. The van der Waals surface area contributed by atoms with E-state index in [9.17, 15) is 0 Å². The van der Waals surface area contributed by atoms with Crippen molar-refractivity contribution in [3.8, 4) is 0 Å². The van der Waals surface area contributed by atoms with Crippen LogP contribution in [0.25, 0.3) is 10.1 Å². The monoisotopic (exact) mass is 309 g/mol. The second kappa shape index (κ2) is 4.71. The highest BCUT2D eigenvalue weighted by Crippen LogP contribution is 2.49. The first kappa shape index (κ1) is 11.7. The molecule has 0 unspecified atom stereocenters. The Balaban J connectivity index is 2.12. The largest absolute Gasteiger partial charge is 0.312 e. The molecule has 1 heterocycles. The third kappa shape index (κ3) is 2.16. The van der Waals surface area contributed by atoms with Gasteiger partial charge in [-0.15, -0.1) is 11.3 Å². The molecule has 1 nitrogen and oxygen atoms in total. The maximum Gasteiger partial charge on any atom is 0.0491 e. The first-order chi connectivity index (χ1) is 8.31. The van der Waals surface area contributed by atoms with Gasteiger partial charge in [0.25, 0.3) is 0 Å². The minimum atomic E-state index is 0.826. The van der Waals surface area contributed by atoms with Gasteiger partial charge in [-0.3, -0.25) is 0 Å². The lowest BCUT2D eigenvalue weighted by Crippen LogP contribution is -2.11. The van der Waals surface area contributed by atoms with E-state index >= 15 is 0 Å². The van der Waals surface area contributed by atoms with Crippen LogP contribution in [-0.4, -0.2) is 6.54 Å². The van der Waals surface area contributed by atoms with Gasteiger partial charge in [0.1, 0.15) is 0 Å². The Kier molecular flexibility index (Phi) is 3.24. The standard InChI is InChI=1S/C14H16BrNS/c1-2-16-8-12-13(9-6-7-9)10-4-3-5-11(15)14(10)17-12/h3-5,9,16H,2,6-8H2,1H3. The third-order valence-electron chi connectivity index (χ3n) is 3.30. The Morgan fingerprint density at radius 3 is 2.94 bits per heavy atom. The highest BCUT2D eigenvalue weighted by Gasteiger charge is 2.29. The van der Waals surface area contributed by atoms with Crippen molar-refractivity contribution in [2.24, 2.45) is 0 Å². The summed E-state index contributed by atoms with van der Waals surface area (Å²) in [7, 11) is 0. The van der Waals surface area contributed by atoms with Gasteiger partial charge in [0, 0.05) is 20.6 Å². The third-order valence-corrected chi connectivity index (χ3v) is 5.48. The molecule has 1 aromatic carbocycles. The molecule has 1 aliphatic rings. The van der Waals surface area contributed by atoms with Crippen molar-refractivity contribution in [2.45, 2.75) is 32.2 Å².